The van der Waals surface area contributed by atoms with Gasteiger partial charge in [-0.25, -0.2) is 0 Å². The van der Waals surface area contributed by atoms with Crippen LogP contribution < -0.4 is 0 Å². The fraction of sp³-hybridized carbons (Fsp3) is 0.868. The highest BCUT2D eigenvalue weighted by molar-refractivity contribution is 5.97. The number of aliphatic hydroxyl groups is 9. The van der Waals surface area contributed by atoms with Crippen molar-refractivity contribution in [2.45, 2.75) is 165 Å². The van der Waals surface area contributed by atoms with Crippen LogP contribution in [0.15, 0.2) is 24.3 Å². The molecule has 3 aliphatic heterocycles. The zero-order valence-electron chi connectivity index (χ0n) is 31.6. The molecule has 2 saturated carbocycles. The molecule has 0 bridgehead atoms. The third kappa shape index (κ3) is 7.39. The van der Waals surface area contributed by atoms with Crippen LogP contribution in [0.3, 0.4) is 0 Å². The second-order valence-electron chi connectivity index (χ2n) is 17.4. The Balaban J connectivity index is 1.25. The summed E-state index contributed by atoms with van der Waals surface area (Å²) in [6.07, 6.45) is -16.3. The average Bonchev–Trinajstić information content (AvgIpc) is 3.13. The summed E-state index contributed by atoms with van der Waals surface area (Å²) in [6.45, 7) is 12.7. The predicted octanol–water partition coefficient (Wildman–Crippen LogP) is -1.21. The largest absolute Gasteiger partial charge is 0.394 e. The van der Waals surface area contributed by atoms with Crippen molar-refractivity contribution in [2.24, 2.45) is 28.1 Å². The minimum absolute atomic E-state index is 0.0636. The van der Waals surface area contributed by atoms with Gasteiger partial charge in [-0.1, -0.05) is 39.8 Å². The van der Waals surface area contributed by atoms with Crippen LogP contribution in [0.2, 0.25) is 0 Å². The minimum Gasteiger partial charge on any atom is -0.394 e. The van der Waals surface area contributed by atoms with Crippen LogP contribution in [0.4, 0.5) is 0 Å². The maximum Gasteiger partial charge on any atom is 0.187 e. The number of hydrogen-bond donors (Lipinski definition) is 9. The molecule has 0 aromatic heterocycles. The maximum absolute atomic E-state index is 13.8. The zero-order valence-corrected chi connectivity index (χ0v) is 31.6. The van der Waals surface area contributed by atoms with Crippen LogP contribution in [0, 0.1) is 28.1 Å². The van der Waals surface area contributed by atoms with E-state index in [-0.39, 0.29) is 28.4 Å². The van der Waals surface area contributed by atoms with Crippen molar-refractivity contribution in [1.29, 1.82) is 0 Å². The number of allylic oxidation sites excluding steroid dienone is 3. The van der Waals surface area contributed by atoms with E-state index in [1.807, 2.05) is 19.9 Å². The van der Waals surface area contributed by atoms with E-state index in [0.29, 0.717) is 19.3 Å². The van der Waals surface area contributed by atoms with Crippen molar-refractivity contribution >= 4 is 5.78 Å². The molecule has 54 heavy (non-hydrogen) atoms. The summed E-state index contributed by atoms with van der Waals surface area (Å²) in [7, 11) is 0. The van der Waals surface area contributed by atoms with Crippen molar-refractivity contribution in [3.05, 3.63) is 24.3 Å². The third-order valence-electron chi connectivity index (χ3n) is 13.6. The SMILES string of the molecule is C=C[C@]1(C)C=C2C(=O)C[C@H]3C(C)(C)[C@@H](O[C@@H]4O[C@H](CO[C@@H]5O[C@H](CO)[C@@H](O)[C@H](O)[C@H]5O)[C@@H](O)[C@H](O)[C@H]4O[C@@H]4O[C@@H](C)[C@H](O)[C@@H](O)[C@H]4O)CC[C@]3(C)[C@H]2CC1. The zero-order chi connectivity index (χ0) is 39.7. The Morgan fingerprint density at radius 2 is 1.41 bits per heavy atom. The Morgan fingerprint density at radius 1 is 0.778 bits per heavy atom. The van der Waals surface area contributed by atoms with Gasteiger partial charge in [0.15, 0.2) is 24.7 Å². The van der Waals surface area contributed by atoms with Crippen LogP contribution >= 0.6 is 0 Å². The molecule has 0 aromatic carbocycles. The lowest BCUT2D eigenvalue weighted by Crippen LogP contribution is -2.66. The van der Waals surface area contributed by atoms with Gasteiger partial charge in [0.05, 0.1) is 25.4 Å². The molecule has 6 aliphatic rings. The van der Waals surface area contributed by atoms with Gasteiger partial charge in [0, 0.05) is 11.8 Å². The summed E-state index contributed by atoms with van der Waals surface area (Å²) < 4.78 is 35.7. The van der Waals surface area contributed by atoms with Gasteiger partial charge in [-0.15, -0.1) is 6.58 Å². The minimum atomic E-state index is -1.76. The molecule has 0 radical (unpaired) electrons. The summed E-state index contributed by atoms with van der Waals surface area (Å²) in [6, 6.07) is 0. The smallest absolute Gasteiger partial charge is 0.187 e. The number of Topliss-reactive ketones (excluding diaryl/α,β-unsaturated/α-hetero) is 1. The highest BCUT2D eigenvalue weighted by atomic mass is 16.8. The first kappa shape index (κ1) is 42.2. The Morgan fingerprint density at radius 3 is 2.07 bits per heavy atom. The van der Waals surface area contributed by atoms with E-state index >= 15 is 0 Å². The lowest BCUT2D eigenvalue weighted by Gasteiger charge is -2.61. The van der Waals surface area contributed by atoms with E-state index in [0.717, 1.165) is 18.4 Å². The third-order valence-corrected chi connectivity index (χ3v) is 13.6. The normalized spacial score (nSPS) is 52.2. The number of ketones is 1. The van der Waals surface area contributed by atoms with Crippen LogP contribution in [-0.2, 0) is 33.2 Å². The molecule has 5 fully saturated rings. The quantitative estimate of drug-likeness (QED) is 0.0985. The van der Waals surface area contributed by atoms with Gasteiger partial charge in [0.25, 0.3) is 0 Å². The molecule has 0 aromatic rings. The first-order valence-corrected chi connectivity index (χ1v) is 19.1. The van der Waals surface area contributed by atoms with Crippen LogP contribution in [0.25, 0.3) is 0 Å². The lowest BCUT2D eigenvalue weighted by atomic mass is 9.44. The van der Waals surface area contributed by atoms with Crippen LogP contribution in [-0.4, -0.2) is 163 Å². The molecule has 16 heteroatoms. The van der Waals surface area contributed by atoms with E-state index in [1.165, 1.54) is 6.92 Å². The fourth-order valence-electron chi connectivity index (χ4n) is 9.92. The molecular weight excluding hydrogens is 712 g/mol. The molecule has 0 amide bonds. The van der Waals surface area contributed by atoms with Gasteiger partial charge in [-0.3, -0.25) is 4.79 Å². The standard InChI is InChI=1S/C38H60O16/c1-7-37(5)10-8-18-17(13-37)19(40)12-22-36(3,4)23(9-11-38(18,22)6)53-35-32(54-34-31(48)27(44)24(41)16(2)50-34)29(46)26(43)21(52-35)15-49-33-30(47)28(45)25(42)20(14-39)51-33/h7,13,16,18,20-35,39,41-48H,1,8-12,14-15H2,2-6H3/t16-,18-,20+,21+,22-,23-,24-,25+,26+,27+,28-,29-,30+,31+,32+,33+,34-,35-,37-,38+/m0/s1. The molecule has 308 valence electrons. The van der Waals surface area contributed by atoms with Gasteiger partial charge in [-0.05, 0) is 60.8 Å². The molecule has 0 spiro atoms. The van der Waals surface area contributed by atoms with E-state index in [4.69, 9.17) is 28.4 Å². The molecule has 9 N–H and O–H groups in total. The van der Waals surface area contributed by atoms with E-state index in [9.17, 15) is 50.8 Å². The van der Waals surface area contributed by atoms with E-state index < -0.39 is 117 Å². The molecule has 20 atom stereocenters. The summed E-state index contributed by atoms with van der Waals surface area (Å²) in [5.41, 5.74) is -0.224. The number of ether oxygens (including phenoxy) is 6. The topological polar surface area (TPSA) is 255 Å². The first-order valence-electron chi connectivity index (χ1n) is 19.1. The number of carbonyl (C=O) groups excluding carboxylic acids is 1. The molecule has 3 aliphatic carbocycles. The van der Waals surface area contributed by atoms with Crippen molar-refractivity contribution in [3.63, 3.8) is 0 Å². The monoisotopic (exact) mass is 772 g/mol. The number of aliphatic hydroxyl groups excluding tert-OH is 9. The second-order valence-corrected chi connectivity index (χ2v) is 17.4. The van der Waals surface area contributed by atoms with Gasteiger partial charge in [0.1, 0.15) is 67.1 Å². The van der Waals surface area contributed by atoms with Crippen molar-refractivity contribution in [3.8, 4) is 0 Å². The van der Waals surface area contributed by atoms with Gasteiger partial charge in [-0.2, -0.15) is 0 Å². The van der Waals surface area contributed by atoms with Crippen molar-refractivity contribution < 1.29 is 79.2 Å². The predicted molar refractivity (Wildman–Crippen MR) is 186 cm³/mol. The molecule has 6 rings (SSSR count). The Bertz CT molecular complexity index is 1390. The second kappa shape index (κ2) is 15.7. The van der Waals surface area contributed by atoms with Gasteiger partial charge in [0.2, 0.25) is 0 Å². The fourth-order valence-corrected chi connectivity index (χ4v) is 9.92. The Hall–Kier alpha value is -1.45. The Labute approximate surface area is 315 Å². The van der Waals surface area contributed by atoms with E-state index in [2.05, 4.69) is 26.5 Å². The highest BCUT2D eigenvalue weighted by Crippen LogP contribution is 2.63. The lowest BCUT2D eigenvalue weighted by molar-refractivity contribution is -0.380. The van der Waals surface area contributed by atoms with Crippen molar-refractivity contribution in [2.75, 3.05) is 13.2 Å². The molecule has 16 nitrogen and oxygen atoms in total. The van der Waals surface area contributed by atoms with Crippen molar-refractivity contribution in [1.82, 2.24) is 0 Å². The summed E-state index contributed by atoms with van der Waals surface area (Å²) in [5.74, 6) is 0.0613. The number of fused-ring (bicyclic) bond motifs is 3. The maximum atomic E-state index is 13.8. The molecular formula is C38H60O16. The van der Waals surface area contributed by atoms with Gasteiger partial charge >= 0.3 is 0 Å². The summed E-state index contributed by atoms with van der Waals surface area (Å²) in [4.78, 5) is 13.8. The van der Waals surface area contributed by atoms with Gasteiger partial charge < -0.3 is 74.4 Å². The van der Waals surface area contributed by atoms with E-state index in [1.54, 1.807) is 0 Å². The average molecular weight is 773 g/mol. The number of hydrogen-bond acceptors (Lipinski definition) is 16. The highest BCUT2D eigenvalue weighted by Gasteiger charge is 2.61. The Kier molecular flexibility index (Phi) is 12.3. The number of carbonyl (C=O) groups is 1. The number of rotatable bonds is 9. The first-order chi connectivity index (χ1) is 25.3. The van der Waals surface area contributed by atoms with Crippen LogP contribution in [0.5, 0.6) is 0 Å². The van der Waals surface area contributed by atoms with Crippen LogP contribution in [0.1, 0.15) is 66.7 Å². The molecule has 0 unspecified atom stereocenters. The summed E-state index contributed by atoms with van der Waals surface area (Å²) >= 11 is 0. The summed E-state index contributed by atoms with van der Waals surface area (Å²) in [5, 5.41) is 94.8. The molecule has 3 heterocycles. The molecule has 3 saturated heterocycles.